The van der Waals surface area contributed by atoms with Crippen LogP contribution in [0, 0.1) is 0 Å². The summed E-state index contributed by atoms with van der Waals surface area (Å²) in [6, 6.07) is 14.3. The van der Waals surface area contributed by atoms with Crippen LogP contribution in [0.25, 0.3) is 0 Å². The highest BCUT2D eigenvalue weighted by molar-refractivity contribution is 5.92. The molecule has 1 saturated heterocycles. The molecule has 1 aliphatic heterocycles. The van der Waals surface area contributed by atoms with Crippen LogP contribution in [-0.2, 0) is 11.2 Å². The van der Waals surface area contributed by atoms with E-state index >= 15 is 0 Å². The Kier molecular flexibility index (Phi) is 7.93. The highest BCUT2D eigenvalue weighted by Gasteiger charge is 2.23. The van der Waals surface area contributed by atoms with Crippen molar-refractivity contribution in [3.8, 4) is 11.5 Å². The van der Waals surface area contributed by atoms with Crippen LogP contribution in [0.3, 0.4) is 0 Å². The second kappa shape index (κ2) is 10.8. The first kappa shape index (κ1) is 21.9. The molecular weight excluding hydrogens is 380 g/mol. The van der Waals surface area contributed by atoms with Gasteiger partial charge in [-0.1, -0.05) is 25.1 Å². The van der Waals surface area contributed by atoms with Gasteiger partial charge in [-0.2, -0.15) is 0 Å². The molecule has 1 unspecified atom stereocenters. The van der Waals surface area contributed by atoms with Crippen LogP contribution in [0.5, 0.6) is 11.5 Å². The third-order valence-corrected chi connectivity index (χ3v) is 5.32. The topological polar surface area (TPSA) is 81.3 Å². The summed E-state index contributed by atoms with van der Waals surface area (Å²) in [6.07, 6.45) is 0.977. The van der Waals surface area contributed by atoms with E-state index in [0.717, 1.165) is 30.8 Å². The predicted octanol–water partition coefficient (Wildman–Crippen LogP) is 3.07. The molecule has 0 aromatic heterocycles. The quantitative estimate of drug-likeness (QED) is 0.512. The van der Waals surface area contributed by atoms with Gasteiger partial charge in [-0.05, 0) is 41.8 Å². The smallest absolute Gasteiger partial charge is 0.193 e. The lowest BCUT2D eigenvalue weighted by molar-refractivity contribution is 0.0179. The molecule has 2 aromatic rings. The first-order chi connectivity index (χ1) is 14.6. The molecule has 1 fully saturated rings. The summed E-state index contributed by atoms with van der Waals surface area (Å²) in [7, 11) is 3.29. The van der Waals surface area contributed by atoms with Crippen molar-refractivity contribution in [3.05, 3.63) is 53.6 Å². The summed E-state index contributed by atoms with van der Waals surface area (Å²) in [6.45, 7) is 5.78. The van der Waals surface area contributed by atoms with Gasteiger partial charge in [-0.3, -0.25) is 9.89 Å². The molecule has 2 aromatic carbocycles. The van der Waals surface area contributed by atoms with Crippen LogP contribution >= 0.6 is 0 Å². The van der Waals surface area contributed by atoms with Crippen LogP contribution < -0.4 is 20.5 Å². The zero-order valence-corrected chi connectivity index (χ0v) is 18.1. The molecule has 0 bridgehead atoms. The van der Waals surface area contributed by atoms with E-state index in [9.17, 15) is 0 Å². The molecule has 0 aliphatic carbocycles. The molecule has 1 aliphatic rings. The minimum absolute atomic E-state index is 0.0658. The van der Waals surface area contributed by atoms with Gasteiger partial charge in [0.2, 0.25) is 0 Å². The number of methoxy groups -OCH3 is 2. The van der Waals surface area contributed by atoms with Crippen molar-refractivity contribution < 1.29 is 14.2 Å². The molecule has 0 spiro atoms. The normalized spacial score (nSPS) is 16.2. The van der Waals surface area contributed by atoms with Gasteiger partial charge in [0.15, 0.2) is 17.5 Å². The number of nitrogens with two attached hydrogens (primary N) is 1. The molecule has 0 amide bonds. The van der Waals surface area contributed by atoms with Crippen molar-refractivity contribution in [2.45, 2.75) is 19.4 Å². The van der Waals surface area contributed by atoms with Crippen LogP contribution in [0.15, 0.2) is 47.5 Å². The Morgan fingerprint density at radius 3 is 2.60 bits per heavy atom. The number of aryl methyl sites for hydroxylation is 1. The Morgan fingerprint density at radius 2 is 1.90 bits per heavy atom. The molecule has 0 saturated carbocycles. The molecule has 7 nitrogen and oxygen atoms in total. The lowest BCUT2D eigenvalue weighted by Crippen LogP contribution is -2.40. The van der Waals surface area contributed by atoms with E-state index in [4.69, 9.17) is 19.9 Å². The number of nitrogens with zero attached hydrogens (tertiary/aromatic N) is 2. The standard InChI is InChI=1S/C23H32N4O3/c1-4-17-6-5-7-19(14-17)26-23(24)25-16-20(27-10-12-30-13-11-27)18-8-9-21(28-2)22(15-18)29-3/h5-9,14-15,20H,4,10-13,16H2,1-3H3,(H3,24,25,26). The number of benzene rings is 2. The van der Waals surface area contributed by atoms with E-state index < -0.39 is 0 Å². The fraction of sp³-hybridized carbons (Fsp3) is 0.435. The van der Waals surface area contributed by atoms with E-state index in [1.165, 1.54) is 5.56 Å². The van der Waals surface area contributed by atoms with E-state index in [1.807, 2.05) is 24.3 Å². The van der Waals surface area contributed by atoms with Gasteiger partial charge in [-0.15, -0.1) is 0 Å². The fourth-order valence-corrected chi connectivity index (χ4v) is 3.62. The van der Waals surface area contributed by atoms with E-state index in [-0.39, 0.29) is 6.04 Å². The van der Waals surface area contributed by atoms with E-state index in [1.54, 1.807) is 14.2 Å². The molecule has 0 radical (unpaired) electrons. The molecule has 1 heterocycles. The average molecular weight is 413 g/mol. The molecule has 7 heteroatoms. The third-order valence-electron chi connectivity index (χ3n) is 5.32. The maximum atomic E-state index is 6.21. The number of morpholine rings is 1. The van der Waals surface area contributed by atoms with E-state index in [2.05, 4.69) is 40.3 Å². The second-order valence-corrected chi connectivity index (χ2v) is 7.18. The van der Waals surface area contributed by atoms with Gasteiger partial charge >= 0.3 is 0 Å². The molecule has 3 rings (SSSR count). The first-order valence-electron chi connectivity index (χ1n) is 10.3. The monoisotopic (exact) mass is 412 g/mol. The van der Waals surface area contributed by atoms with Crippen LogP contribution in [-0.4, -0.2) is 57.9 Å². The van der Waals surface area contributed by atoms with Gasteiger partial charge in [0.05, 0.1) is 40.0 Å². The highest BCUT2D eigenvalue weighted by atomic mass is 16.5. The third kappa shape index (κ3) is 5.64. The predicted molar refractivity (Wildman–Crippen MR) is 121 cm³/mol. The summed E-state index contributed by atoms with van der Waals surface area (Å²) in [5.41, 5.74) is 9.52. The molecule has 3 N–H and O–H groups in total. The number of hydrogen-bond donors (Lipinski definition) is 2. The number of aliphatic imine (C=N–C) groups is 1. The Morgan fingerprint density at radius 1 is 1.13 bits per heavy atom. The lowest BCUT2D eigenvalue weighted by Gasteiger charge is -2.34. The number of anilines is 1. The number of hydrogen-bond acceptors (Lipinski definition) is 5. The fourth-order valence-electron chi connectivity index (χ4n) is 3.62. The van der Waals surface area contributed by atoms with Crippen molar-refractivity contribution in [1.82, 2.24) is 4.90 Å². The maximum absolute atomic E-state index is 6.21. The first-order valence-corrected chi connectivity index (χ1v) is 10.3. The van der Waals surface area contributed by atoms with Gasteiger partial charge in [-0.25, -0.2) is 0 Å². The summed E-state index contributed by atoms with van der Waals surface area (Å²) in [4.78, 5) is 7.03. The number of guanidine groups is 1. The molecule has 1 atom stereocenters. The summed E-state index contributed by atoms with van der Waals surface area (Å²) >= 11 is 0. The van der Waals surface area contributed by atoms with Crippen molar-refractivity contribution in [2.24, 2.45) is 10.7 Å². The maximum Gasteiger partial charge on any atom is 0.193 e. The van der Waals surface area contributed by atoms with Crippen molar-refractivity contribution in [3.63, 3.8) is 0 Å². The van der Waals surface area contributed by atoms with Crippen LogP contribution in [0.4, 0.5) is 5.69 Å². The van der Waals surface area contributed by atoms with Crippen LogP contribution in [0.2, 0.25) is 0 Å². The molecule has 30 heavy (non-hydrogen) atoms. The Labute approximate surface area is 178 Å². The van der Waals surface area contributed by atoms with Gasteiger partial charge < -0.3 is 25.3 Å². The Hall–Kier alpha value is -2.77. The number of ether oxygens (including phenoxy) is 3. The number of nitrogens with one attached hydrogen (secondary N) is 1. The summed E-state index contributed by atoms with van der Waals surface area (Å²) in [5.74, 6) is 1.82. The van der Waals surface area contributed by atoms with Crippen molar-refractivity contribution in [2.75, 3.05) is 52.4 Å². The van der Waals surface area contributed by atoms with E-state index in [0.29, 0.717) is 37.2 Å². The molecule has 162 valence electrons. The summed E-state index contributed by atoms with van der Waals surface area (Å²) < 4.78 is 16.4. The van der Waals surface area contributed by atoms with Crippen molar-refractivity contribution in [1.29, 1.82) is 0 Å². The number of rotatable bonds is 8. The largest absolute Gasteiger partial charge is 0.493 e. The Bertz CT molecular complexity index is 850. The second-order valence-electron chi connectivity index (χ2n) is 7.18. The lowest BCUT2D eigenvalue weighted by atomic mass is 10.0. The van der Waals surface area contributed by atoms with Crippen molar-refractivity contribution >= 4 is 11.6 Å². The molecular formula is C23H32N4O3. The van der Waals surface area contributed by atoms with Crippen LogP contribution in [0.1, 0.15) is 24.1 Å². The van der Waals surface area contributed by atoms with Gasteiger partial charge in [0, 0.05) is 18.8 Å². The average Bonchev–Trinajstić information content (AvgIpc) is 2.79. The van der Waals surface area contributed by atoms with Gasteiger partial charge in [0.1, 0.15) is 0 Å². The van der Waals surface area contributed by atoms with Gasteiger partial charge in [0.25, 0.3) is 0 Å². The SMILES string of the molecule is CCc1cccc(NC(N)=NCC(c2ccc(OC)c(OC)c2)N2CCOCC2)c1. The minimum atomic E-state index is 0.0658. The summed E-state index contributed by atoms with van der Waals surface area (Å²) in [5, 5.41) is 3.21. The minimum Gasteiger partial charge on any atom is -0.493 e. The Balaban J connectivity index is 1.79. The zero-order chi connectivity index (χ0) is 21.3. The highest BCUT2D eigenvalue weighted by Crippen LogP contribution is 2.32. The zero-order valence-electron chi connectivity index (χ0n) is 18.1.